The van der Waals surface area contributed by atoms with E-state index in [0.717, 1.165) is 4.70 Å². The average Bonchev–Trinajstić information content (AvgIpc) is 3.21. The summed E-state index contributed by atoms with van der Waals surface area (Å²) in [6, 6.07) is 2.72. The molecule has 3 aliphatic rings. The maximum absolute atomic E-state index is 14.3. The lowest BCUT2D eigenvalue weighted by Crippen LogP contribution is -2.65. The number of nitrogens with zero attached hydrogens (tertiary/aromatic N) is 3. The molecule has 3 fully saturated rings. The maximum atomic E-state index is 14.3. The Hall–Kier alpha value is -2.43. The smallest absolute Gasteiger partial charge is 0.403 e. The van der Waals surface area contributed by atoms with E-state index in [2.05, 4.69) is 4.98 Å². The van der Waals surface area contributed by atoms with Crippen molar-refractivity contribution in [2.75, 3.05) is 31.1 Å². The van der Waals surface area contributed by atoms with Gasteiger partial charge in [0.2, 0.25) is 5.91 Å². The molecule has 34 heavy (non-hydrogen) atoms. The molecule has 0 unspecified atom stereocenters. The fraction of sp³-hybridized carbons (Fsp3) is 0.609. The molecule has 0 radical (unpaired) electrons. The normalized spacial score (nSPS) is 23.3. The van der Waals surface area contributed by atoms with E-state index in [1.807, 2.05) is 4.90 Å². The van der Waals surface area contributed by atoms with Gasteiger partial charge in [0.05, 0.1) is 27.3 Å². The van der Waals surface area contributed by atoms with Crippen molar-refractivity contribution in [1.29, 1.82) is 0 Å². The molecule has 5 rings (SSSR count). The molecule has 0 bridgehead atoms. The molecule has 6 nitrogen and oxygen atoms in total. The first kappa shape index (κ1) is 23.3. The van der Waals surface area contributed by atoms with Crippen molar-refractivity contribution in [2.45, 2.75) is 45.4 Å². The van der Waals surface area contributed by atoms with Crippen molar-refractivity contribution in [3.63, 3.8) is 0 Å². The SMILES string of the molecule is CC(C)(C)OC(=O)[C@@H]1CN(c2cc(F)cc3ncsc23)CC12CN(C(=O)C1(C(F)(F)F)CC1)C2. The molecule has 184 valence electrons. The molecule has 1 saturated carbocycles. The summed E-state index contributed by atoms with van der Waals surface area (Å²) in [5, 5.41) is 0. The Balaban J connectivity index is 1.44. The molecule has 2 saturated heterocycles. The van der Waals surface area contributed by atoms with Crippen molar-refractivity contribution >= 4 is 39.1 Å². The molecule has 1 aromatic carbocycles. The summed E-state index contributed by atoms with van der Waals surface area (Å²) in [5.74, 6) is -2.50. The Kier molecular flexibility index (Phi) is 5.00. The summed E-state index contributed by atoms with van der Waals surface area (Å²) in [5.41, 5.74) is -1.10. The van der Waals surface area contributed by atoms with E-state index < -0.39 is 46.2 Å². The minimum atomic E-state index is -4.58. The number of hydrogen-bond donors (Lipinski definition) is 0. The van der Waals surface area contributed by atoms with Crippen LogP contribution in [0.25, 0.3) is 10.2 Å². The highest BCUT2D eigenvalue weighted by atomic mass is 32.1. The van der Waals surface area contributed by atoms with Crippen LogP contribution in [0.4, 0.5) is 23.2 Å². The molecule has 1 aromatic heterocycles. The summed E-state index contributed by atoms with van der Waals surface area (Å²) < 4.78 is 61.2. The van der Waals surface area contributed by atoms with Crippen molar-refractivity contribution in [2.24, 2.45) is 16.7 Å². The summed E-state index contributed by atoms with van der Waals surface area (Å²) in [6.45, 7) is 5.82. The molecule has 1 spiro atoms. The fourth-order valence-electron chi connectivity index (χ4n) is 5.23. The second-order valence-electron chi connectivity index (χ2n) is 10.7. The van der Waals surface area contributed by atoms with Crippen LogP contribution in [-0.2, 0) is 14.3 Å². The van der Waals surface area contributed by atoms with Gasteiger partial charge in [-0.25, -0.2) is 9.37 Å². The van der Waals surface area contributed by atoms with Gasteiger partial charge in [0.15, 0.2) is 0 Å². The minimum absolute atomic E-state index is 0.0330. The summed E-state index contributed by atoms with van der Waals surface area (Å²) in [6.07, 6.45) is -4.99. The molecule has 2 aliphatic heterocycles. The number of likely N-dealkylation sites (tertiary alicyclic amines) is 1. The van der Waals surface area contributed by atoms with Crippen LogP contribution < -0.4 is 4.90 Å². The molecule has 1 aliphatic carbocycles. The fourth-order valence-corrected chi connectivity index (χ4v) is 6.04. The molecule has 0 N–H and O–H groups in total. The predicted octanol–water partition coefficient (Wildman–Crippen LogP) is 4.38. The standard InChI is InChI=1S/C23H25F4N3O3S/c1-20(2,3)33-18(31)14-8-29(16-7-13(24)6-15-17(16)34-12-28-15)9-21(14)10-30(11-21)19(32)22(4-5-22)23(25,26)27/h6-7,12,14H,4-5,8-11H2,1-3H3/t14-/m0/s1. The molecule has 1 atom stereocenters. The highest BCUT2D eigenvalue weighted by molar-refractivity contribution is 7.17. The third kappa shape index (κ3) is 3.63. The second-order valence-corrected chi connectivity index (χ2v) is 11.6. The van der Waals surface area contributed by atoms with Gasteiger partial charge in [0, 0.05) is 37.7 Å². The van der Waals surface area contributed by atoms with Gasteiger partial charge >= 0.3 is 12.1 Å². The predicted molar refractivity (Wildman–Crippen MR) is 118 cm³/mol. The first-order chi connectivity index (χ1) is 15.7. The third-order valence-electron chi connectivity index (χ3n) is 7.06. The number of alkyl halides is 3. The van der Waals surface area contributed by atoms with Gasteiger partial charge in [0.25, 0.3) is 0 Å². The van der Waals surface area contributed by atoms with E-state index in [1.54, 1.807) is 26.3 Å². The number of anilines is 1. The van der Waals surface area contributed by atoms with E-state index in [9.17, 15) is 27.2 Å². The molecule has 2 aromatic rings. The van der Waals surface area contributed by atoms with Gasteiger partial charge < -0.3 is 14.5 Å². The first-order valence-corrected chi connectivity index (χ1v) is 12.0. The molecule has 1 amide bonds. The second kappa shape index (κ2) is 7.29. The van der Waals surface area contributed by atoms with Crippen LogP contribution in [0.2, 0.25) is 0 Å². The van der Waals surface area contributed by atoms with Crippen LogP contribution in [0.3, 0.4) is 0 Å². The number of carbonyl (C=O) groups excluding carboxylic acids is 2. The highest BCUT2D eigenvalue weighted by Gasteiger charge is 2.71. The monoisotopic (exact) mass is 499 g/mol. The number of thiazole rings is 1. The molecule has 3 heterocycles. The topological polar surface area (TPSA) is 62.7 Å². The lowest BCUT2D eigenvalue weighted by atomic mass is 9.71. The Morgan fingerprint density at radius 1 is 1.15 bits per heavy atom. The zero-order valence-electron chi connectivity index (χ0n) is 19.0. The van der Waals surface area contributed by atoms with Crippen LogP contribution in [0.15, 0.2) is 17.6 Å². The Labute approximate surface area is 197 Å². The zero-order chi connectivity index (χ0) is 24.7. The van der Waals surface area contributed by atoms with Crippen LogP contribution in [0.5, 0.6) is 0 Å². The van der Waals surface area contributed by atoms with E-state index in [4.69, 9.17) is 4.74 Å². The van der Waals surface area contributed by atoms with Crippen LogP contribution in [0, 0.1) is 22.6 Å². The van der Waals surface area contributed by atoms with Crippen LogP contribution in [0.1, 0.15) is 33.6 Å². The van der Waals surface area contributed by atoms with E-state index in [0.29, 0.717) is 17.7 Å². The van der Waals surface area contributed by atoms with Crippen molar-refractivity contribution in [3.05, 3.63) is 23.5 Å². The number of fused-ring (bicyclic) bond motifs is 1. The number of carbonyl (C=O) groups is 2. The average molecular weight is 500 g/mol. The highest BCUT2D eigenvalue weighted by Crippen LogP contribution is 2.60. The lowest BCUT2D eigenvalue weighted by Gasteiger charge is -2.51. The number of ether oxygens (including phenoxy) is 1. The Bertz CT molecular complexity index is 1160. The molecule has 11 heteroatoms. The van der Waals surface area contributed by atoms with Crippen LogP contribution >= 0.6 is 11.3 Å². The number of esters is 1. The number of rotatable bonds is 3. The Morgan fingerprint density at radius 2 is 1.82 bits per heavy atom. The molecular weight excluding hydrogens is 474 g/mol. The van der Waals surface area contributed by atoms with E-state index in [-0.39, 0.29) is 32.5 Å². The Morgan fingerprint density at radius 3 is 2.41 bits per heavy atom. The summed E-state index contributed by atoms with van der Waals surface area (Å²) in [4.78, 5) is 33.2. The number of amides is 1. The van der Waals surface area contributed by atoms with Gasteiger partial charge in [0.1, 0.15) is 16.8 Å². The van der Waals surface area contributed by atoms with Gasteiger partial charge in [-0.2, -0.15) is 13.2 Å². The van der Waals surface area contributed by atoms with Gasteiger partial charge in [-0.3, -0.25) is 9.59 Å². The number of hydrogen-bond acceptors (Lipinski definition) is 6. The van der Waals surface area contributed by atoms with Crippen molar-refractivity contribution < 1.29 is 31.9 Å². The van der Waals surface area contributed by atoms with Gasteiger partial charge in [-0.15, -0.1) is 11.3 Å². The van der Waals surface area contributed by atoms with Crippen molar-refractivity contribution in [1.82, 2.24) is 9.88 Å². The zero-order valence-corrected chi connectivity index (χ0v) is 19.9. The number of aromatic nitrogens is 1. The third-order valence-corrected chi connectivity index (χ3v) is 7.92. The largest absolute Gasteiger partial charge is 0.460 e. The lowest BCUT2D eigenvalue weighted by molar-refractivity contribution is -0.206. The first-order valence-electron chi connectivity index (χ1n) is 11.1. The van der Waals surface area contributed by atoms with Crippen LogP contribution in [-0.4, -0.2) is 59.7 Å². The van der Waals surface area contributed by atoms with Gasteiger partial charge in [-0.05, 0) is 39.7 Å². The number of halogens is 4. The van der Waals surface area contributed by atoms with E-state index in [1.165, 1.54) is 28.4 Å². The van der Waals surface area contributed by atoms with Gasteiger partial charge in [-0.1, -0.05) is 0 Å². The quantitative estimate of drug-likeness (QED) is 0.463. The number of benzene rings is 1. The molecular formula is C23H25F4N3O3S. The minimum Gasteiger partial charge on any atom is -0.460 e. The maximum Gasteiger partial charge on any atom is 0.403 e. The van der Waals surface area contributed by atoms with E-state index >= 15 is 0 Å². The summed E-state index contributed by atoms with van der Waals surface area (Å²) >= 11 is 1.35. The summed E-state index contributed by atoms with van der Waals surface area (Å²) in [7, 11) is 0. The van der Waals surface area contributed by atoms with Crippen molar-refractivity contribution in [3.8, 4) is 0 Å².